The van der Waals surface area contributed by atoms with Crippen molar-refractivity contribution in [2.24, 2.45) is 0 Å². The molecule has 0 radical (unpaired) electrons. The molecule has 0 aromatic carbocycles. The van der Waals surface area contributed by atoms with E-state index in [-0.39, 0.29) is 0 Å². The molecular formula is C16H23N3O2S. The fourth-order valence-electron chi connectivity index (χ4n) is 3.02. The van der Waals surface area contributed by atoms with Gasteiger partial charge in [0.2, 0.25) is 0 Å². The van der Waals surface area contributed by atoms with Crippen molar-refractivity contribution in [3.63, 3.8) is 0 Å². The number of methoxy groups -OCH3 is 1. The van der Waals surface area contributed by atoms with E-state index in [0.717, 1.165) is 22.9 Å². The number of nitrogens with zero attached hydrogens (tertiary/aromatic N) is 2. The third kappa shape index (κ3) is 3.24. The number of aromatic nitrogens is 2. The van der Waals surface area contributed by atoms with Gasteiger partial charge in [-0.25, -0.2) is 9.97 Å². The van der Waals surface area contributed by atoms with Gasteiger partial charge in [0.05, 0.1) is 18.1 Å². The molecule has 1 unspecified atom stereocenters. The number of thiophene rings is 1. The van der Waals surface area contributed by atoms with Crippen molar-refractivity contribution in [3.05, 3.63) is 16.3 Å². The van der Waals surface area contributed by atoms with Gasteiger partial charge in [-0.1, -0.05) is 0 Å². The fraction of sp³-hybridized carbons (Fsp3) is 0.625. The number of aliphatic hydroxyl groups excluding tert-OH is 1. The highest BCUT2D eigenvalue weighted by molar-refractivity contribution is 7.19. The van der Waals surface area contributed by atoms with Crippen LogP contribution in [0.3, 0.4) is 0 Å². The van der Waals surface area contributed by atoms with Gasteiger partial charge in [-0.15, -0.1) is 11.3 Å². The van der Waals surface area contributed by atoms with Crippen LogP contribution in [0, 0.1) is 6.92 Å². The highest BCUT2D eigenvalue weighted by Gasteiger charge is 2.20. The van der Waals surface area contributed by atoms with E-state index in [1.165, 1.54) is 35.1 Å². The van der Waals surface area contributed by atoms with Crippen LogP contribution in [-0.2, 0) is 17.6 Å². The first kappa shape index (κ1) is 15.6. The van der Waals surface area contributed by atoms with Gasteiger partial charge >= 0.3 is 0 Å². The Bertz CT molecular complexity index is 656. The topological polar surface area (TPSA) is 67.3 Å². The Kier molecular flexibility index (Phi) is 4.90. The van der Waals surface area contributed by atoms with Crippen molar-refractivity contribution < 1.29 is 9.84 Å². The lowest BCUT2D eigenvalue weighted by Gasteiger charge is -2.14. The lowest BCUT2D eigenvalue weighted by atomic mass is 9.97. The number of nitrogens with one attached hydrogen (secondary N) is 1. The molecule has 2 aromatic heterocycles. The fourth-order valence-corrected chi connectivity index (χ4v) is 4.33. The minimum absolute atomic E-state index is 0.369. The second kappa shape index (κ2) is 6.89. The lowest BCUT2D eigenvalue weighted by Crippen LogP contribution is -2.19. The molecule has 3 rings (SSSR count). The molecule has 0 spiro atoms. The van der Waals surface area contributed by atoms with Gasteiger partial charge in [-0.05, 0) is 44.6 Å². The normalized spacial score (nSPS) is 15.8. The predicted octanol–water partition coefficient (Wildman–Crippen LogP) is 2.69. The van der Waals surface area contributed by atoms with Gasteiger partial charge in [-0.2, -0.15) is 0 Å². The smallest absolute Gasteiger partial charge is 0.138 e. The first-order chi connectivity index (χ1) is 10.7. The molecule has 0 saturated heterocycles. The zero-order chi connectivity index (χ0) is 15.5. The monoisotopic (exact) mass is 321 g/mol. The summed E-state index contributed by atoms with van der Waals surface area (Å²) >= 11 is 1.82. The molecule has 0 aliphatic heterocycles. The number of fused-ring (bicyclic) bond motifs is 3. The van der Waals surface area contributed by atoms with Gasteiger partial charge in [0.1, 0.15) is 16.5 Å². The summed E-state index contributed by atoms with van der Waals surface area (Å²) in [6.45, 7) is 2.98. The zero-order valence-electron chi connectivity index (χ0n) is 13.2. The van der Waals surface area contributed by atoms with Crippen LogP contribution in [0.1, 0.15) is 35.5 Å². The average molecular weight is 321 g/mol. The number of aryl methyl sites for hydroxylation is 3. The van der Waals surface area contributed by atoms with Crippen LogP contribution in [0.15, 0.2) is 0 Å². The summed E-state index contributed by atoms with van der Waals surface area (Å²) in [5.74, 6) is 1.72. The van der Waals surface area contributed by atoms with Gasteiger partial charge in [0.15, 0.2) is 0 Å². The maximum Gasteiger partial charge on any atom is 0.138 e. The molecule has 1 aliphatic rings. The second-order valence-electron chi connectivity index (χ2n) is 5.84. The van der Waals surface area contributed by atoms with Crippen molar-refractivity contribution >= 4 is 27.4 Å². The molecule has 0 amide bonds. The van der Waals surface area contributed by atoms with Crippen molar-refractivity contribution in [2.45, 2.75) is 45.1 Å². The van der Waals surface area contributed by atoms with Crippen molar-refractivity contribution in [2.75, 3.05) is 25.6 Å². The minimum Gasteiger partial charge on any atom is -0.391 e. The predicted molar refractivity (Wildman–Crippen MR) is 89.8 cm³/mol. The van der Waals surface area contributed by atoms with Crippen molar-refractivity contribution in [3.8, 4) is 0 Å². The average Bonchev–Trinajstić information content (AvgIpc) is 2.85. The summed E-state index contributed by atoms with van der Waals surface area (Å²) in [5.41, 5.74) is 1.44. The number of hydrogen-bond acceptors (Lipinski definition) is 6. The van der Waals surface area contributed by atoms with Gasteiger partial charge < -0.3 is 15.2 Å². The Balaban J connectivity index is 1.83. The molecule has 5 nitrogen and oxygen atoms in total. The quantitative estimate of drug-likeness (QED) is 0.856. The molecule has 0 bridgehead atoms. The molecular weight excluding hydrogens is 298 g/mol. The maximum absolute atomic E-state index is 9.75. The first-order valence-electron chi connectivity index (χ1n) is 7.88. The number of ether oxygens (including phenoxy) is 1. The molecule has 2 heterocycles. The van der Waals surface area contributed by atoms with E-state index in [4.69, 9.17) is 4.74 Å². The maximum atomic E-state index is 9.75. The van der Waals surface area contributed by atoms with E-state index in [1.54, 1.807) is 7.11 Å². The third-order valence-electron chi connectivity index (χ3n) is 4.06. The Labute approximate surface area is 134 Å². The molecule has 22 heavy (non-hydrogen) atoms. The molecule has 120 valence electrons. The Morgan fingerprint density at radius 2 is 2.14 bits per heavy atom. The molecule has 2 aromatic rings. The number of hydrogen-bond donors (Lipinski definition) is 2. The van der Waals surface area contributed by atoms with E-state index < -0.39 is 6.10 Å². The van der Waals surface area contributed by atoms with E-state index in [1.807, 2.05) is 18.3 Å². The summed E-state index contributed by atoms with van der Waals surface area (Å²) < 4.78 is 4.96. The van der Waals surface area contributed by atoms with Gasteiger partial charge in [-0.3, -0.25) is 0 Å². The van der Waals surface area contributed by atoms with E-state index >= 15 is 0 Å². The highest BCUT2D eigenvalue weighted by atomic mass is 32.1. The van der Waals surface area contributed by atoms with E-state index in [2.05, 4.69) is 15.3 Å². The van der Waals surface area contributed by atoms with Gasteiger partial charge in [0.25, 0.3) is 0 Å². The van der Waals surface area contributed by atoms with E-state index in [9.17, 15) is 5.11 Å². The largest absolute Gasteiger partial charge is 0.391 e. The molecule has 6 heteroatoms. The minimum atomic E-state index is -0.438. The SMILES string of the molecule is COCC(O)CCNc1nc(C)nc2sc3c(c12)CCCC3. The lowest BCUT2D eigenvalue weighted by molar-refractivity contribution is 0.0615. The van der Waals surface area contributed by atoms with Crippen LogP contribution < -0.4 is 5.32 Å². The Hall–Kier alpha value is -1.24. The van der Waals surface area contributed by atoms with Crippen LogP contribution in [0.5, 0.6) is 0 Å². The summed E-state index contributed by atoms with van der Waals surface area (Å²) in [5, 5.41) is 14.3. The molecule has 0 fully saturated rings. The van der Waals surface area contributed by atoms with Crippen LogP contribution in [0.25, 0.3) is 10.2 Å². The van der Waals surface area contributed by atoms with Crippen LogP contribution in [0.4, 0.5) is 5.82 Å². The Morgan fingerprint density at radius 1 is 1.32 bits per heavy atom. The molecule has 1 aliphatic carbocycles. The molecule has 0 saturated carbocycles. The Morgan fingerprint density at radius 3 is 2.95 bits per heavy atom. The molecule has 1 atom stereocenters. The van der Waals surface area contributed by atoms with Crippen LogP contribution >= 0.6 is 11.3 Å². The second-order valence-corrected chi connectivity index (χ2v) is 6.92. The summed E-state index contributed by atoms with van der Waals surface area (Å²) in [6.07, 6.45) is 5.03. The molecule has 2 N–H and O–H groups in total. The first-order valence-corrected chi connectivity index (χ1v) is 8.70. The third-order valence-corrected chi connectivity index (χ3v) is 5.24. The number of aliphatic hydroxyl groups is 1. The summed E-state index contributed by atoms with van der Waals surface area (Å²) in [7, 11) is 1.60. The summed E-state index contributed by atoms with van der Waals surface area (Å²) in [6, 6.07) is 0. The summed E-state index contributed by atoms with van der Waals surface area (Å²) in [4.78, 5) is 11.8. The van der Waals surface area contributed by atoms with Crippen molar-refractivity contribution in [1.82, 2.24) is 9.97 Å². The number of anilines is 1. The van der Waals surface area contributed by atoms with Gasteiger partial charge in [0, 0.05) is 18.5 Å². The highest BCUT2D eigenvalue weighted by Crippen LogP contribution is 2.38. The standard InChI is InChI=1S/C16H23N3O2S/c1-10-18-15(17-8-7-11(20)9-21-2)14-12-5-3-4-6-13(12)22-16(14)19-10/h11,20H,3-9H2,1-2H3,(H,17,18,19). The van der Waals surface area contributed by atoms with Crippen LogP contribution in [0.2, 0.25) is 0 Å². The van der Waals surface area contributed by atoms with E-state index in [0.29, 0.717) is 19.6 Å². The van der Waals surface area contributed by atoms with Crippen LogP contribution in [-0.4, -0.2) is 41.4 Å². The van der Waals surface area contributed by atoms with Crippen molar-refractivity contribution in [1.29, 1.82) is 0 Å². The number of rotatable bonds is 6. The zero-order valence-corrected chi connectivity index (χ0v) is 14.0.